The highest BCUT2D eigenvalue weighted by atomic mass is 15.2. The topological polar surface area (TPSA) is 29.3 Å². The fraction of sp³-hybridized carbons (Fsp3) is 1.00. The molecule has 0 atom stereocenters. The maximum absolute atomic E-state index is 6.18. The van der Waals surface area contributed by atoms with Gasteiger partial charge in [-0.05, 0) is 62.4 Å². The molecule has 1 aliphatic heterocycles. The number of nitrogens with two attached hydrogens (primary N) is 1. The third kappa shape index (κ3) is 2.91. The van der Waals surface area contributed by atoms with Crippen molar-refractivity contribution in [1.29, 1.82) is 0 Å². The zero-order chi connectivity index (χ0) is 13.4. The number of hydrogen-bond acceptors (Lipinski definition) is 2. The maximum Gasteiger partial charge on any atom is 0.0332 e. The van der Waals surface area contributed by atoms with E-state index in [9.17, 15) is 0 Å². The van der Waals surface area contributed by atoms with E-state index < -0.39 is 0 Å². The molecular formula is C16H32N2. The molecule has 18 heavy (non-hydrogen) atoms. The second kappa shape index (κ2) is 4.79. The van der Waals surface area contributed by atoms with Crippen LogP contribution in [-0.4, -0.2) is 30.1 Å². The van der Waals surface area contributed by atoms with Crippen LogP contribution < -0.4 is 5.73 Å². The lowest BCUT2D eigenvalue weighted by molar-refractivity contribution is -0.0121. The SMILES string of the molecule is CC1(C)CCN(C2(CN)CCC(C)(C)CC2)CC1. The Balaban J connectivity index is 2.01. The molecule has 0 aromatic carbocycles. The van der Waals surface area contributed by atoms with Gasteiger partial charge in [-0.25, -0.2) is 0 Å². The molecule has 1 aliphatic carbocycles. The van der Waals surface area contributed by atoms with Crippen LogP contribution >= 0.6 is 0 Å². The molecule has 0 unspecified atom stereocenters. The van der Waals surface area contributed by atoms with E-state index in [-0.39, 0.29) is 0 Å². The molecule has 1 saturated carbocycles. The summed E-state index contributed by atoms with van der Waals surface area (Å²) in [5, 5.41) is 0. The number of rotatable bonds is 2. The van der Waals surface area contributed by atoms with E-state index >= 15 is 0 Å². The second-order valence-corrected chi connectivity index (χ2v) is 8.24. The first-order valence-corrected chi connectivity index (χ1v) is 7.74. The van der Waals surface area contributed by atoms with Crippen LogP contribution in [0.15, 0.2) is 0 Å². The molecule has 0 amide bonds. The first-order valence-electron chi connectivity index (χ1n) is 7.74. The summed E-state index contributed by atoms with van der Waals surface area (Å²) >= 11 is 0. The third-order valence-electron chi connectivity index (χ3n) is 5.70. The highest BCUT2D eigenvalue weighted by Crippen LogP contribution is 2.44. The van der Waals surface area contributed by atoms with Crippen molar-refractivity contribution in [2.45, 2.75) is 71.8 Å². The van der Waals surface area contributed by atoms with Gasteiger partial charge < -0.3 is 5.73 Å². The molecule has 1 heterocycles. The Morgan fingerprint density at radius 3 is 1.67 bits per heavy atom. The minimum atomic E-state index is 0.325. The van der Waals surface area contributed by atoms with Crippen molar-refractivity contribution >= 4 is 0 Å². The Morgan fingerprint density at radius 2 is 1.22 bits per heavy atom. The van der Waals surface area contributed by atoms with Gasteiger partial charge in [0, 0.05) is 12.1 Å². The summed E-state index contributed by atoms with van der Waals surface area (Å²) in [5.41, 5.74) is 7.59. The average molecular weight is 252 g/mol. The monoisotopic (exact) mass is 252 g/mol. The van der Waals surface area contributed by atoms with Crippen molar-refractivity contribution in [1.82, 2.24) is 4.90 Å². The van der Waals surface area contributed by atoms with Crippen LogP contribution in [0.1, 0.15) is 66.2 Å². The quantitative estimate of drug-likeness (QED) is 0.816. The van der Waals surface area contributed by atoms with Crippen LogP contribution in [0.25, 0.3) is 0 Å². The van der Waals surface area contributed by atoms with Gasteiger partial charge in [0.1, 0.15) is 0 Å². The van der Waals surface area contributed by atoms with Crippen LogP contribution in [0, 0.1) is 10.8 Å². The molecule has 2 aliphatic rings. The Bertz CT molecular complexity index is 273. The van der Waals surface area contributed by atoms with Gasteiger partial charge in [-0.2, -0.15) is 0 Å². The molecule has 106 valence electrons. The Labute approximate surface area is 113 Å². The van der Waals surface area contributed by atoms with Gasteiger partial charge in [0.25, 0.3) is 0 Å². The minimum absolute atomic E-state index is 0.325. The number of piperidine rings is 1. The molecule has 1 saturated heterocycles. The maximum atomic E-state index is 6.18. The lowest BCUT2D eigenvalue weighted by atomic mass is 9.67. The lowest BCUT2D eigenvalue weighted by Gasteiger charge is -2.52. The normalized spacial score (nSPS) is 31.2. The van der Waals surface area contributed by atoms with E-state index in [4.69, 9.17) is 5.73 Å². The van der Waals surface area contributed by atoms with Gasteiger partial charge in [-0.15, -0.1) is 0 Å². The molecule has 0 aromatic heterocycles. The molecule has 0 radical (unpaired) electrons. The number of likely N-dealkylation sites (tertiary alicyclic amines) is 1. The van der Waals surface area contributed by atoms with Crippen LogP contribution in [0.4, 0.5) is 0 Å². The van der Waals surface area contributed by atoms with Crippen LogP contribution in [0.5, 0.6) is 0 Å². The van der Waals surface area contributed by atoms with Crippen LogP contribution in [0.3, 0.4) is 0 Å². The van der Waals surface area contributed by atoms with E-state index in [0.717, 1.165) is 6.54 Å². The van der Waals surface area contributed by atoms with Crippen LogP contribution in [0.2, 0.25) is 0 Å². The van der Waals surface area contributed by atoms with Crippen molar-refractivity contribution in [3.63, 3.8) is 0 Å². The first kappa shape index (κ1) is 14.3. The van der Waals surface area contributed by atoms with Crippen molar-refractivity contribution < 1.29 is 0 Å². The Hall–Kier alpha value is -0.0800. The van der Waals surface area contributed by atoms with Gasteiger partial charge in [0.05, 0.1) is 0 Å². The van der Waals surface area contributed by atoms with Gasteiger partial charge in [-0.3, -0.25) is 4.90 Å². The average Bonchev–Trinajstić information content (AvgIpc) is 2.30. The molecular weight excluding hydrogens is 220 g/mol. The highest BCUT2D eigenvalue weighted by molar-refractivity contribution is 4.99. The van der Waals surface area contributed by atoms with Gasteiger partial charge in [0.2, 0.25) is 0 Å². The fourth-order valence-electron chi connectivity index (χ4n) is 3.63. The molecule has 0 aromatic rings. The van der Waals surface area contributed by atoms with E-state index in [2.05, 4.69) is 32.6 Å². The summed E-state index contributed by atoms with van der Waals surface area (Å²) in [4.78, 5) is 2.73. The molecule has 2 nitrogen and oxygen atoms in total. The lowest BCUT2D eigenvalue weighted by Crippen LogP contribution is -2.59. The molecule has 2 fully saturated rings. The predicted octanol–water partition coefficient (Wildman–Crippen LogP) is 3.41. The Morgan fingerprint density at radius 1 is 0.778 bits per heavy atom. The van der Waals surface area contributed by atoms with Gasteiger partial charge in [0.15, 0.2) is 0 Å². The van der Waals surface area contributed by atoms with E-state index in [1.807, 2.05) is 0 Å². The predicted molar refractivity (Wildman–Crippen MR) is 78.6 cm³/mol. The van der Waals surface area contributed by atoms with E-state index in [1.165, 1.54) is 51.6 Å². The Kier molecular flexibility index (Phi) is 3.81. The third-order valence-corrected chi connectivity index (χ3v) is 5.70. The van der Waals surface area contributed by atoms with E-state index in [1.54, 1.807) is 0 Å². The largest absolute Gasteiger partial charge is 0.329 e. The molecule has 2 N–H and O–H groups in total. The van der Waals surface area contributed by atoms with Gasteiger partial charge >= 0.3 is 0 Å². The second-order valence-electron chi connectivity index (χ2n) is 8.24. The summed E-state index contributed by atoms with van der Waals surface area (Å²) in [6, 6.07) is 0. The van der Waals surface area contributed by atoms with Gasteiger partial charge in [-0.1, -0.05) is 27.7 Å². The zero-order valence-electron chi connectivity index (χ0n) is 12.9. The van der Waals surface area contributed by atoms with Crippen molar-refractivity contribution in [3.8, 4) is 0 Å². The molecule has 2 heteroatoms. The summed E-state index contributed by atoms with van der Waals surface area (Å²) in [7, 11) is 0. The first-order chi connectivity index (χ1) is 8.29. The van der Waals surface area contributed by atoms with E-state index in [0.29, 0.717) is 16.4 Å². The van der Waals surface area contributed by atoms with Crippen molar-refractivity contribution in [2.75, 3.05) is 19.6 Å². The standard InChI is InChI=1S/C16H32N2/c1-14(2)5-7-16(13-17,8-6-14)18-11-9-15(3,4)10-12-18/h5-13,17H2,1-4H3. The summed E-state index contributed by atoms with van der Waals surface area (Å²) < 4.78 is 0. The summed E-state index contributed by atoms with van der Waals surface area (Å²) in [6.45, 7) is 13.0. The number of nitrogens with zero attached hydrogens (tertiary/aromatic N) is 1. The highest BCUT2D eigenvalue weighted by Gasteiger charge is 2.43. The van der Waals surface area contributed by atoms with Crippen molar-refractivity contribution in [3.05, 3.63) is 0 Å². The smallest absolute Gasteiger partial charge is 0.0332 e. The molecule has 0 bridgehead atoms. The summed E-state index contributed by atoms with van der Waals surface area (Å²) in [6.07, 6.45) is 7.94. The number of hydrogen-bond donors (Lipinski definition) is 1. The zero-order valence-corrected chi connectivity index (χ0v) is 12.9. The van der Waals surface area contributed by atoms with Crippen molar-refractivity contribution in [2.24, 2.45) is 16.6 Å². The minimum Gasteiger partial charge on any atom is -0.329 e. The van der Waals surface area contributed by atoms with Crippen LogP contribution in [-0.2, 0) is 0 Å². The fourth-order valence-corrected chi connectivity index (χ4v) is 3.63. The molecule has 2 rings (SSSR count). The summed E-state index contributed by atoms with van der Waals surface area (Å²) in [5.74, 6) is 0. The molecule has 0 spiro atoms.